The Morgan fingerprint density at radius 2 is 1.68 bits per heavy atom. The molecule has 4 aromatic rings. The number of anilines is 1. The number of likely N-dealkylation sites (tertiary alicyclic amines) is 1. The van der Waals surface area contributed by atoms with E-state index in [1.165, 1.54) is 24.0 Å². The number of carbonyl (C=O) groups is 1. The number of aromatic nitrogens is 3. The Morgan fingerprint density at radius 3 is 2.54 bits per heavy atom. The second-order valence-corrected chi connectivity index (χ2v) is 10.1. The van der Waals surface area contributed by atoms with Gasteiger partial charge in [-0.2, -0.15) is 5.10 Å². The fourth-order valence-electron chi connectivity index (χ4n) is 5.36. The maximum absolute atomic E-state index is 13.3. The number of benzene rings is 2. The summed E-state index contributed by atoms with van der Waals surface area (Å²) in [5, 5.41) is 14.6. The Balaban J connectivity index is 1.20. The average Bonchev–Trinajstić information content (AvgIpc) is 3.59. The number of hydrogen-bond donors (Lipinski definition) is 3. The summed E-state index contributed by atoms with van der Waals surface area (Å²) < 4.78 is 0. The van der Waals surface area contributed by atoms with Crippen LogP contribution in [0.25, 0.3) is 22.0 Å². The topological polar surface area (TPSA) is 89.2 Å². The van der Waals surface area contributed by atoms with Gasteiger partial charge in [-0.25, -0.2) is 0 Å². The van der Waals surface area contributed by atoms with E-state index in [2.05, 4.69) is 59.9 Å². The van der Waals surface area contributed by atoms with Gasteiger partial charge < -0.3 is 10.6 Å². The predicted octanol–water partition coefficient (Wildman–Crippen LogP) is 3.88. The lowest BCUT2D eigenvalue weighted by Gasteiger charge is -2.27. The van der Waals surface area contributed by atoms with Gasteiger partial charge in [0.1, 0.15) is 0 Å². The first kappa shape index (κ1) is 23.8. The van der Waals surface area contributed by atoms with Gasteiger partial charge in [0.25, 0.3) is 5.91 Å². The van der Waals surface area contributed by atoms with Crippen LogP contribution in [0.3, 0.4) is 0 Å². The lowest BCUT2D eigenvalue weighted by molar-refractivity contribution is 0.102. The Bertz CT molecular complexity index is 1390. The third-order valence-corrected chi connectivity index (χ3v) is 7.31. The quantitative estimate of drug-likeness (QED) is 0.361. The molecule has 2 aliphatic rings. The van der Waals surface area contributed by atoms with Gasteiger partial charge in [0.05, 0.1) is 5.52 Å². The highest BCUT2D eigenvalue weighted by atomic mass is 16.1. The number of amides is 1. The van der Waals surface area contributed by atoms with Crippen molar-refractivity contribution in [3.63, 3.8) is 0 Å². The minimum Gasteiger partial charge on any atom is -0.321 e. The summed E-state index contributed by atoms with van der Waals surface area (Å²) in [4.78, 5) is 22.7. The van der Waals surface area contributed by atoms with Crippen LogP contribution in [-0.4, -0.2) is 70.2 Å². The number of nitrogens with one attached hydrogen (secondary N) is 3. The molecule has 6 rings (SSSR count). The van der Waals surface area contributed by atoms with E-state index in [0.717, 1.165) is 80.1 Å². The highest BCUT2D eigenvalue weighted by molar-refractivity contribution is 6.11. The second-order valence-electron chi connectivity index (χ2n) is 10.1. The van der Waals surface area contributed by atoms with Crippen molar-refractivity contribution in [2.75, 3.05) is 44.6 Å². The van der Waals surface area contributed by atoms with Gasteiger partial charge in [0, 0.05) is 68.3 Å². The van der Waals surface area contributed by atoms with Crippen LogP contribution in [0.15, 0.2) is 60.9 Å². The Labute approximate surface area is 217 Å². The Hall–Kier alpha value is -3.59. The SMILES string of the molecule is O=C(Nc1cccc(CN2CCNCC2)c1)c1n[nH]c2ccc(-c3cncc(CN4CCCC4)c3)cc12. The van der Waals surface area contributed by atoms with Crippen molar-refractivity contribution in [3.8, 4) is 11.1 Å². The van der Waals surface area contributed by atoms with E-state index < -0.39 is 0 Å². The number of nitrogens with zero attached hydrogens (tertiary/aromatic N) is 4. The van der Waals surface area contributed by atoms with Gasteiger partial charge >= 0.3 is 0 Å². The summed E-state index contributed by atoms with van der Waals surface area (Å²) in [5.74, 6) is -0.219. The van der Waals surface area contributed by atoms with Crippen molar-refractivity contribution in [3.05, 3.63) is 77.7 Å². The summed E-state index contributed by atoms with van der Waals surface area (Å²) in [5.41, 5.74) is 6.49. The summed E-state index contributed by atoms with van der Waals surface area (Å²) in [6, 6.07) is 16.4. The molecule has 2 saturated heterocycles. The molecule has 0 radical (unpaired) electrons. The monoisotopic (exact) mass is 495 g/mol. The Kier molecular flexibility index (Phi) is 6.94. The largest absolute Gasteiger partial charge is 0.321 e. The summed E-state index contributed by atoms with van der Waals surface area (Å²) >= 11 is 0. The molecule has 0 spiro atoms. The molecule has 8 nitrogen and oxygen atoms in total. The molecule has 190 valence electrons. The van der Waals surface area contributed by atoms with Crippen LogP contribution in [0.5, 0.6) is 0 Å². The molecule has 2 aliphatic heterocycles. The number of aromatic amines is 1. The summed E-state index contributed by atoms with van der Waals surface area (Å²) in [6.45, 7) is 8.22. The number of rotatable bonds is 7. The van der Waals surface area contributed by atoms with E-state index in [1.807, 2.05) is 36.7 Å². The van der Waals surface area contributed by atoms with Crippen molar-refractivity contribution in [1.29, 1.82) is 0 Å². The summed E-state index contributed by atoms with van der Waals surface area (Å²) in [6.07, 6.45) is 6.39. The van der Waals surface area contributed by atoms with Crippen LogP contribution in [0.2, 0.25) is 0 Å². The van der Waals surface area contributed by atoms with Gasteiger partial charge in [-0.1, -0.05) is 18.2 Å². The molecule has 2 aromatic heterocycles. The second kappa shape index (κ2) is 10.8. The van der Waals surface area contributed by atoms with Crippen LogP contribution in [0.1, 0.15) is 34.5 Å². The smallest absolute Gasteiger partial charge is 0.276 e. The third kappa shape index (κ3) is 5.56. The first-order chi connectivity index (χ1) is 18.2. The fraction of sp³-hybridized carbons (Fsp3) is 0.345. The van der Waals surface area contributed by atoms with Gasteiger partial charge in [0.2, 0.25) is 0 Å². The molecule has 4 heterocycles. The molecule has 2 fully saturated rings. The van der Waals surface area contributed by atoms with Crippen LogP contribution in [-0.2, 0) is 13.1 Å². The fourth-order valence-corrected chi connectivity index (χ4v) is 5.36. The lowest BCUT2D eigenvalue weighted by Crippen LogP contribution is -2.42. The maximum atomic E-state index is 13.3. The molecular weight excluding hydrogens is 462 g/mol. The minimum atomic E-state index is -0.219. The van der Waals surface area contributed by atoms with E-state index in [-0.39, 0.29) is 5.91 Å². The first-order valence-electron chi connectivity index (χ1n) is 13.2. The van der Waals surface area contributed by atoms with Crippen LogP contribution >= 0.6 is 0 Å². The molecule has 2 aromatic carbocycles. The minimum absolute atomic E-state index is 0.219. The molecule has 1 amide bonds. The summed E-state index contributed by atoms with van der Waals surface area (Å²) in [7, 11) is 0. The van der Waals surface area contributed by atoms with E-state index in [0.29, 0.717) is 5.69 Å². The van der Waals surface area contributed by atoms with Gasteiger partial charge in [-0.3, -0.25) is 24.7 Å². The molecule has 3 N–H and O–H groups in total. The van der Waals surface area contributed by atoms with Crippen molar-refractivity contribution in [1.82, 2.24) is 30.3 Å². The molecule has 0 bridgehead atoms. The standard InChI is InChI=1S/C29H33N7O/c37-29(32-25-5-3-4-21(15-25)19-36-12-8-30-9-13-36)28-26-16-23(6-7-27(26)33-34-28)24-14-22(17-31-18-24)20-35-10-1-2-11-35/h3-7,14-18,30H,1-2,8-13,19-20H2,(H,32,37)(H,33,34). The molecular formula is C29H33N7O. The van der Waals surface area contributed by atoms with E-state index in [4.69, 9.17) is 0 Å². The Morgan fingerprint density at radius 1 is 0.865 bits per heavy atom. The van der Waals surface area contributed by atoms with Gasteiger partial charge in [0.15, 0.2) is 5.69 Å². The third-order valence-electron chi connectivity index (χ3n) is 7.31. The highest BCUT2D eigenvalue weighted by Crippen LogP contribution is 2.27. The number of carbonyl (C=O) groups excluding carboxylic acids is 1. The molecule has 37 heavy (non-hydrogen) atoms. The predicted molar refractivity (Wildman–Crippen MR) is 146 cm³/mol. The zero-order chi connectivity index (χ0) is 25.0. The normalized spacial score (nSPS) is 16.9. The van der Waals surface area contributed by atoms with Crippen LogP contribution < -0.4 is 10.6 Å². The molecule has 0 atom stereocenters. The lowest BCUT2D eigenvalue weighted by atomic mass is 10.0. The molecule has 0 aliphatic carbocycles. The van der Waals surface area contributed by atoms with Gasteiger partial charge in [-0.15, -0.1) is 0 Å². The van der Waals surface area contributed by atoms with Gasteiger partial charge in [-0.05, 0) is 73.0 Å². The molecule has 0 saturated carbocycles. The number of H-pyrrole nitrogens is 1. The van der Waals surface area contributed by atoms with Crippen molar-refractivity contribution in [2.45, 2.75) is 25.9 Å². The average molecular weight is 496 g/mol. The van der Waals surface area contributed by atoms with Crippen molar-refractivity contribution in [2.24, 2.45) is 0 Å². The molecule has 0 unspecified atom stereocenters. The molecule has 8 heteroatoms. The van der Waals surface area contributed by atoms with Crippen LogP contribution in [0, 0.1) is 0 Å². The van der Waals surface area contributed by atoms with E-state index >= 15 is 0 Å². The zero-order valence-electron chi connectivity index (χ0n) is 21.0. The van der Waals surface area contributed by atoms with E-state index in [9.17, 15) is 4.79 Å². The number of fused-ring (bicyclic) bond motifs is 1. The number of piperazine rings is 1. The van der Waals surface area contributed by atoms with Crippen molar-refractivity contribution < 1.29 is 4.79 Å². The highest BCUT2D eigenvalue weighted by Gasteiger charge is 2.17. The maximum Gasteiger partial charge on any atom is 0.276 e. The first-order valence-corrected chi connectivity index (χ1v) is 13.2. The van der Waals surface area contributed by atoms with Crippen molar-refractivity contribution >= 4 is 22.5 Å². The zero-order valence-corrected chi connectivity index (χ0v) is 21.0. The van der Waals surface area contributed by atoms with Crippen LogP contribution in [0.4, 0.5) is 5.69 Å². The number of hydrogen-bond acceptors (Lipinski definition) is 6. The number of pyridine rings is 1. The van der Waals surface area contributed by atoms with E-state index in [1.54, 1.807) is 0 Å².